The normalized spacial score (nSPS) is 54.0. The van der Waals surface area contributed by atoms with Crippen molar-refractivity contribution in [2.45, 2.75) is 90.9 Å². The van der Waals surface area contributed by atoms with Gasteiger partial charge in [-0.2, -0.15) is 0 Å². The minimum Gasteiger partial charge on any atom is -0.465 e. The predicted molar refractivity (Wildman–Crippen MR) is 104 cm³/mol. The van der Waals surface area contributed by atoms with Crippen LogP contribution in [-0.2, 0) is 9.53 Å². The molecule has 0 radical (unpaired) electrons. The highest BCUT2D eigenvalue weighted by atomic mass is 16.5. The third-order valence-electron chi connectivity index (χ3n) is 10.4. The number of ether oxygens (including phenoxy) is 1. The molecule has 0 bridgehead atoms. The highest BCUT2D eigenvalue weighted by molar-refractivity contribution is 5.69. The molecule has 26 heavy (non-hydrogen) atoms. The average molecular weight is 359 g/mol. The summed E-state index contributed by atoms with van der Waals surface area (Å²) in [5, 5.41) is 0. The van der Waals surface area contributed by atoms with Crippen LogP contribution in [0.2, 0.25) is 0 Å². The molecule has 0 N–H and O–H groups in total. The summed E-state index contributed by atoms with van der Waals surface area (Å²) >= 11 is 0. The largest absolute Gasteiger partial charge is 0.465 e. The van der Waals surface area contributed by atoms with Crippen molar-refractivity contribution in [3.63, 3.8) is 0 Å². The van der Waals surface area contributed by atoms with Gasteiger partial charge in [-0.05, 0) is 104 Å². The first-order valence-corrected chi connectivity index (χ1v) is 11.7. The SMILES string of the molecule is C[C@]12CC[C@H]3[C@@H](CCC4CCCC[C@@]43C)[C@@H]1CC[C@@H]2[C@H]1CCC(=O)OC1. The molecule has 0 spiro atoms. The van der Waals surface area contributed by atoms with Gasteiger partial charge < -0.3 is 4.74 Å². The summed E-state index contributed by atoms with van der Waals surface area (Å²) in [5.74, 6) is 5.44. The van der Waals surface area contributed by atoms with E-state index < -0.39 is 0 Å². The third-order valence-corrected chi connectivity index (χ3v) is 10.4. The van der Waals surface area contributed by atoms with Crippen LogP contribution in [0.5, 0.6) is 0 Å². The van der Waals surface area contributed by atoms with E-state index in [2.05, 4.69) is 13.8 Å². The van der Waals surface area contributed by atoms with Crippen molar-refractivity contribution in [3.8, 4) is 0 Å². The van der Waals surface area contributed by atoms with Crippen LogP contribution in [0.15, 0.2) is 0 Å². The molecule has 0 aromatic heterocycles. The van der Waals surface area contributed by atoms with Crippen molar-refractivity contribution in [3.05, 3.63) is 0 Å². The lowest BCUT2D eigenvalue weighted by atomic mass is 9.44. The Balaban J connectivity index is 1.37. The molecule has 4 aliphatic carbocycles. The second-order valence-corrected chi connectivity index (χ2v) is 11.1. The van der Waals surface area contributed by atoms with E-state index in [-0.39, 0.29) is 5.97 Å². The molecule has 5 aliphatic rings. The lowest BCUT2D eigenvalue weighted by Gasteiger charge is -2.61. The first-order chi connectivity index (χ1) is 12.5. The summed E-state index contributed by atoms with van der Waals surface area (Å²) in [6, 6.07) is 0. The number of hydrogen-bond acceptors (Lipinski definition) is 2. The zero-order valence-electron chi connectivity index (χ0n) is 17.0. The summed E-state index contributed by atoms with van der Waals surface area (Å²) in [7, 11) is 0. The van der Waals surface area contributed by atoms with Gasteiger partial charge in [0.2, 0.25) is 0 Å². The lowest BCUT2D eigenvalue weighted by molar-refractivity contribution is -0.154. The van der Waals surface area contributed by atoms with Crippen molar-refractivity contribution >= 4 is 5.97 Å². The summed E-state index contributed by atoms with van der Waals surface area (Å²) < 4.78 is 5.48. The van der Waals surface area contributed by atoms with Crippen LogP contribution in [0.3, 0.4) is 0 Å². The summed E-state index contributed by atoms with van der Waals surface area (Å²) in [4.78, 5) is 11.5. The van der Waals surface area contributed by atoms with Gasteiger partial charge in [0, 0.05) is 6.42 Å². The van der Waals surface area contributed by atoms with Gasteiger partial charge in [0.15, 0.2) is 0 Å². The van der Waals surface area contributed by atoms with E-state index in [4.69, 9.17) is 4.74 Å². The summed E-state index contributed by atoms with van der Waals surface area (Å²) in [6.07, 6.45) is 16.5. The van der Waals surface area contributed by atoms with Crippen molar-refractivity contribution in [2.75, 3.05) is 6.61 Å². The maximum absolute atomic E-state index is 11.5. The zero-order chi connectivity index (χ0) is 17.9. The molecule has 146 valence electrons. The van der Waals surface area contributed by atoms with Crippen LogP contribution in [0, 0.1) is 46.3 Å². The predicted octanol–water partition coefficient (Wildman–Crippen LogP) is 5.99. The fourth-order valence-electron chi connectivity index (χ4n) is 9.09. The standard InChI is InChI=1S/C24H38O2/c1-23-13-4-3-5-17(23)7-8-18-20-10-9-19(16-6-11-22(25)26-15-16)24(20,2)14-12-21(18)23/h16-21H,3-15H2,1-2H3/t16-,17?,18-,19+,20-,21-,23-,24+/m0/s1. The fourth-order valence-corrected chi connectivity index (χ4v) is 9.09. The first-order valence-electron chi connectivity index (χ1n) is 11.7. The van der Waals surface area contributed by atoms with Gasteiger partial charge in [-0.15, -0.1) is 0 Å². The van der Waals surface area contributed by atoms with E-state index in [0.717, 1.165) is 36.0 Å². The lowest BCUT2D eigenvalue weighted by Crippen LogP contribution is -2.53. The molecular weight excluding hydrogens is 320 g/mol. The number of hydrogen-bond donors (Lipinski definition) is 0. The Kier molecular flexibility index (Phi) is 4.22. The molecule has 4 saturated carbocycles. The Labute approximate surface area is 159 Å². The van der Waals surface area contributed by atoms with E-state index in [9.17, 15) is 4.79 Å². The Morgan fingerprint density at radius 3 is 2.42 bits per heavy atom. The second-order valence-electron chi connectivity index (χ2n) is 11.1. The van der Waals surface area contributed by atoms with Crippen LogP contribution < -0.4 is 0 Å². The molecule has 0 aromatic carbocycles. The van der Waals surface area contributed by atoms with Gasteiger partial charge in [-0.25, -0.2) is 0 Å². The van der Waals surface area contributed by atoms with Gasteiger partial charge in [-0.3, -0.25) is 4.79 Å². The summed E-state index contributed by atoms with van der Waals surface area (Å²) in [5.41, 5.74) is 1.17. The van der Waals surface area contributed by atoms with Crippen molar-refractivity contribution in [2.24, 2.45) is 46.3 Å². The van der Waals surface area contributed by atoms with Crippen LogP contribution in [-0.4, -0.2) is 12.6 Å². The highest BCUT2D eigenvalue weighted by Gasteiger charge is 2.60. The molecular formula is C24H38O2. The molecule has 0 aromatic rings. The fraction of sp³-hybridized carbons (Fsp3) is 0.958. The van der Waals surface area contributed by atoms with Crippen molar-refractivity contribution in [1.29, 1.82) is 0 Å². The molecule has 1 heterocycles. The highest BCUT2D eigenvalue weighted by Crippen LogP contribution is 2.68. The second kappa shape index (κ2) is 6.24. The topological polar surface area (TPSA) is 26.3 Å². The van der Waals surface area contributed by atoms with Crippen molar-refractivity contribution in [1.82, 2.24) is 0 Å². The molecule has 5 fully saturated rings. The van der Waals surface area contributed by atoms with Crippen LogP contribution in [0.4, 0.5) is 0 Å². The van der Waals surface area contributed by atoms with Crippen LogP contribution in [0.25, 0.3) is 0 Å². The molecule has 1 unspecified atom stereocenters. The monoisotopic (exact) mass is 358 g/mol. The molecule has 2 heteroatoms. The maximum Gasteiger partial charge on any atom is 0.305 e. The van der Waals surface area contributed by atoms with Gasteiger partial charge in [0.25, 0.3) is 0 Å². The van der Waals surface area contributed by atoms with E-state index >= 15 is 0 Å². The number of cyclic esters (lactones) is 1. The van der Waals surface area contributed by atoms with E-state index in [1.807, 2.05) is 0 Å². The van der Waals surface area contributed by atoms with Gasteiger partial charge in [-0.1, -0.05) is 26.7 Å². The average Bonchev–Trinajstić information content (AvgIpc) is 2.99. The van der Waals surface area contributed by atoms with Crippen LogP contribution in [0.1, 0.15) is 90.9 Å². The van der Waals surface area contributed by atoms with Gasteiger partial charge in [0.1, 0.15) is 0 Å². The van der Waals surface area contributed by atoms with Gasteiger partial charge in [0.05, 0.1) is 6.61 Å². The van der Waals surface area contributed by atoms with E-state index in [1.165, 1.54) is 64.2 Å². The maximum atomic E-state index is 11.5. The minimum absolute atomic E-state index is 0.0354. The molecule has 2 nitrogen and oxygen atoms in total. The third kappa shape index (κ3) is 2.46. The zero-order valence-corrected chi connectivity index (χ0v) is 17.0. The molecule has 8 atom stereocenters. The summed E-state index contributed by atoms with van der Waals surface area (Å²) in [6.45, 7) is 6.03. The van der Waals surface area contributed by atoms with Gasteiger partial charge >= 0.3 is 5.97 Å². The Hall–Kier alpha value is -0.530. The molecule has 1 saturated heterocycles. The Morgan fingerprint density at radius 2 is 1.62 bits per heavy atom. The molecule has 1 aliphatic heterocycles. The Morgan fingerprint density at radius 1 is 0.808 bits per heavy atom. The number of carbonyl (C=O) groups excluding carboxylic acids is 1. The van der Waals surface area contributed by atoms with Crippen LogP contribution >= 0.6 is 0 Å². The minimum atomic E-state index is 0.0354. The number of esters is 1. The number of fused-ring (bicyclic) bond motifs is 5. The smallest absolute Gasteiger partial charge is 0.305 e. The first kappa shape index (κ1) is 17.6. The number of rotatable bonds is 1. The van der Waals surface area contributed by atoms with E-state index in [0.29, 0.717) is 29.8 Å². The quantitative estimate of drug-likeness (QED) is 0.538. The van der Waals surface area contributed by atoms with Crippen molar-refractivity contribution < 1.29 is 9.53 Å². The van der Waals surface area contributed by atoms with E-state index in [1.54, 1.807) is 0 Å². The number of carbonyl (C=O) groups is 1. The molecule has 0 amide bonds. The Bertz CT molecular complexity index is 561. The molecule has 5 rings (SSSR count).